The molecule has 0 spiro atoms. The molecule has 0 N–H and O–H groups in total. The van der Waals surface area contributed by atoms with E-state index in [0.29, 0.717) is 16.2 Å². The van der Waals surface area contributed by atoms with E-state index in [2.05, 4.69) is 15.9 Å². The number of hydrogen-bond acceptors (Lipinski definition) is 6. The zero-order chi connectivity index (χ0) is 16.8. The van der Waals surface area contributed by atoms with E-state index in [-0.39, 0.29) is 12.4 Å². The summed E-state index contributed by atoms with van der Waals surface area (Å²) in [6, 6.07) is 11.8. The molecule has 1 atom stereocenters. The molecule has 118 valence electrons. The molecule has 0 bridgehead atoms. The third-order valence-corrected chi connectivity index (χ3v) is 4.49. The maximum Gasteiger partial charge on any atom is 0.347 e. The molecule has 2 aromatic rings. The summed E-state index contributed by atoms with van der Waals surface area (Å²) >= 11 is 4.55. The van der Waals surface area contributed by atoms with Gasteiger partial charge in [0, 0.05) is 0 Å². The molecule has 1 heterocycles. The van der Waals surface area contributed by atoms with Crippen LogP contribution in [0.5, 0.6) is 5.75 Å². The number of nitriles is 1. The van der Waals surface area contributed by atoms with Crippen LogP contribution in [-0.2, 0) is 9.53 Å². The first-order valence-corrected chi connectivity index (χ1v) is 8.22. The lowest BCUT2D eigenvalue weighted by molar-refractivity contribution is -0.149. The molecule has 1 aromatic heterocycles. The molecule has 0 unspecified atom stereocenters. The first-order chi connectivity index (χ1) is 11.0. The number of carbonyl (C=O) groups excluding carboxylic acids is 2. The van der Waals surface area contributed by atoms with Crippen LogP contribution in [0.2, 0.25) is 0 Å². The van der Waals surface area contributed by atoms with Crippen molar-refractivity contribution in [2.75, 3.05) is 6.61 Å². The predicted molar refractivity (Wildman–Crippen MR) is 88.6 cm³/mol. The molecular weight excluding hydrogens is 382 g/mol. The Morgan fingerprint density at radius 2 is 1.96 bits per heavy atom. The van der Waals surface area contributed by atoms with E-state index < -0.39 is 12.1 Å². The van der Waals surface area contributed by atoms with Crippen LogP contribution in [0.4, 0.5) is 0 Å². The summed E-state index contributed by atoms with van der Waals surface area (Å²) in [5.74, 6) is -0.445. The van der Waals surface area contributed by atoms with E-state index >= 15 is 0 Å². The normalized spacial score (nSPS) is 11.3. The molecule has 0 aliphatic heterocycles. The van der Waals surface area contributed by atoms with Crippen LogP contribution in [0.1, 0.15) is 22.2 Å². The summed E-state index contributed by atoms with van der Waals surface area (Å²) in [4.78, 5) is 24.2. The standard InChI is InChI=1S/C16H12BrNO4S/c1-10(22-12-4-2-11(8-18)3-5-12)16(20)21-9-13(19)14-6-7-15(17)23-14/h2-7,10H,9H2,1H3/t10-/m0/s1. The van der Waals surface area contributed by atoms with Gasteiger partial charge >= 0.3 is 5.97 Å². The highest BCUT2D eigenvalue weighted by molar-refractivity contribution is 9.11. The van der Waals surface area contributed by atoms with Crippen LogP contribution < -0.4 is 4.74 Å². The van der Waals surface area contributed by atoms with E-state index in [1.807, 2.05) is 6.07 Å². The van der Waals surface area contributed by atoms with Gasteiger partial charge in [0.05, 0.1) is 20.3 Å². The fourth-order valence-electron chi connectivity index (χ4n) is 1.65. The Balaban J connectivity index is 1.84. The molecule has 5 nitrogen and oxygen atoms in total. The lowest BCUT2D eigenvalue weighted by Gasteiger charge is -2.13. The molecule has 0 aliphatic rings. The smallest absolute Gasteiger partial charge is 0.347 e. The lowest BCUT2D eigenvalue weighted by Crippen LogP contribution is -2.28. The number of hydrogen-bond donors (Lipinski definition) is 0. The van der Waals surface area contributed by atoms with Gasteiger partial charge in [0.1, 0.15) is 5.75 Å². The Morgan fingerprint density at radius 3 is 2.52 bits per heavy atom. The van der Waals surface area contributed by atoms with Crippen molar-refractivity contribution in [1.82, 2.24) is 0 Å². The maximum absolute atomic E-state index is 11.9. The Bertz CT molecular complexity index is 748. The van der Waals surface area contributed by atoms with Gasteiger partial charge in [-0.25, -0.2) is 4.79 Å². The minimum atomic E-state index is -0.856. The van der Waals surface area contributed by atoms with Crippen LogP contribution in [0.3, 0.4) is 0 Å². The molecule has 2 rings (SSSR count). The fraction of sp³-hybridized carbons (Fsp3) is 0.188. The largest absolute Gasteiger partial charge is 0.479 e. The number of halogens is 1. The number of ketones is 1. The van der Waals surface area contributed by atoms with Crippen molar-refractivity contribution in [3.8, 4) is 11.8 Å². The average molecular weight is 394 g/mol. The van der Waals surface area contributed by atoms with Crippen molar-refractivity contribution in [3.63, 3.8) is 0 Å². The van der Waals surface area contributed by atoms with E-state index in [1.165, 1.54) is 18.3 Å². The van der Waals surface area contributed by atoms with Crippen LogP contribution in [0.25, 0.3) is 0 Å². The van der Waals surface area contributed by atoms with Gasteiger partial charge in [-0.15, -0.1) is 11.3 Å². The van der Waals surface area contributed by atoms with Gasteiger partial charge < -0.3 is 9.47 Å². The summed E-state index contributed by atoms with van der Waals surface area (Å²) in [6.45, 7) is 1.21. The van der Waals surface area contributed by atoms with Gasteiger partial charge in [0.15, 0.2) is 12.7 Å². The summed E-state index contributed by atoms with van der Waals surface area (Å²) < 4.78 is 11.2. The second kappa shape index (κ2) is 7.90. The van der Waals surface area contributed by atoms with Gasteiger partial charge in [0.2, 0.25) is 5.78 Å². The Morgan fingerprint density at radius 1 is 1.26 bits per heavy atom. The third-order valence-electron chi connectivity index (χ3n) is 2.82. The monoisotopic (exact) mass is 393 g/mol. The minimum Gasteiger partial charge on any atom is -0.479 e. The fourth-order valence-corrected chi connectivity index (χ4v) is 2.96. The SMILES string of the molecule is C[C@H](Oc1ccc(C#N)cc1)C(=O)OCC(=O)c1ccc(Br)s1. The lowest BCUT2D eigenvalue weighted by atomic mass is 10.2. The van der Waals surface area contributed by atoms with E-state index in [9.17, 15) is 9.59 Å². The highest BCUT2D eigenvalue weighted by atomic mass is 79.9. The number of ether oxygens (including phenoxy) is 2. The minimum absolute atomic E-state index is 0.264. The number of nitrogens with zero attached hydrogens (tertiary/aromatic N) is 1. The molecule has 7 heteroatoms. The van der Waals surface area contributed by atoms with Crippen LogP contribution >= 0.6 is 27.3 Å². The van der Waals surface area contributed by atoms with Gasteiger partial charge in [0.25, 0.3) is 0 Å². The molecule has 0 radical (unpaired) electrons. The van der Waals surface area contributed by atoms with Crippen molar-refractivity contribution < 1.29 is 19.1 Å². The summed E-state index contributed by atoms with van der Waals surface area (Å²) in [6.07, 6.45) is -0.856. The second-order valence-corrected chi connectivity index (χ2v) is 6.99. The van der Waals surface area contributed by atoms with Gasteiger partial charge in [-0.05, 0) is 59.3 Å². The number of rotatable bonds is 6. The Kier molecular flexibility index (Phi) is 5.90. The second-order valence-electron chi connectivity index (χ2n) is 4.53. The van der Waals surface area contributed by atoms with Crippen molar-refractivity contribution in [2.45, 2.75) is 13.0 Å². The molecule has 0 aliphatic carbocycles. The highest BCUT2D eigenvalue weighted by Gasteiger charge is 2.19. The molecule has 23 heavy (non-hydrogen) atoms. The predicted octanol–water partition coefficient (Wildman–Crippen LogP) is 3.58. The zero-order valence-electron chi connectivity index (χ0n) is 12.1. The average Bonchev–Trinajstić information content (AvgIpc) is 2.99. The van der Waals surface area contributed by atoms with E-state index in [4.69, 9.17) is 14.7 Å². The van der Waals surface area contributed by atoms with Gasteiger partial charge in [-0.2, -0.15) is 5.26 Å². The number of esters is 1. The zero-order valence-corrected chi connectivity index (χ0v) is 14.5. The number of Topliss-reactive ketones (excluding diaryl/α,β-unsaturated/α-hetero) is 1. The Hall–Kier alpha value is -2.17. The van der Waals surface area contributed by atoms with E-state index in [0.717, 1.165) is 3.79 Å². The van der Waals surface area contributed by atoms with E-state index in [1.54, 1.807) is 36.4 Å². The molecular formula is C16H12BrNO4S. The number of carbonyl (C=O) groups is 2. The first-order valence-electron chi connectivity index (χ1n) is 6.61. The molecule has 0 saturated heterocycles. The van der Waals surface area contributed by atoms with Crippen LogP contribution in [0.15, 0.2) is 40.2 Å². The summed E-state index contributed by atoms with van der Waals surface area (Å²) in [5.41, 5.74) is 0.500. The molecule has 1 aromatic carbocycles. The van der Waals surface area contributed by atoms with Gasteiger partial charge in [-0.1, -0.05) is 0 Å². The third kappa shape index (κ3) is 4.91. The van der Waals surface area contributed by atoms with Crippen LogP contribution in [0, 0.1) is 11.3 Å². The maximum atomic E-state index is 11.9. The number of thiophene rings is 1. The van der Waals surface area contributed by atoms with Crippen molar-refractivity contribution in [3.05, 3.63) is 50.6 Å². The number of benzene rings is 1. The molecule has 0 saturated carbocycles. The topological polar surface area (TPSA) is 76.4 Å². The van der Waals surface area contributed by atoms with Crippen molar-refractivity contribution >= 4 is 39.0 Å². The molecule has 0 amide bonds. The first kappa shape index (κ1) is 17.2. The Labute approximate surface area is 145 Å². The van der Waals surface area contributed by atoms with Crippen LogP contribution in [-0.4, -0.2) is 24.5 Å². The van der Waals surface area contributed by atoms with Crippen molar-refractivity contribution in [1.29, 1.82) is 5.26 Å². The molecule has 0 fully saturated rings. The van der Waals surface area contributed by atoms with Crippen molar-refractivity contribution in [2.24, 2.45) is 0 Å². The summed E-state index contributed by atoms with van der Waals surface area (Å²) in [7, 11) is 0. The quantitative estimate of drug-likeness (QED) is 0.553. The van der Waals surface area contributed by atoms with Gasteiger partial charge in [-0.3, -0.25) is 4.79 Å². The highest BCUT2D eigenvalue weighted by Crippen LogP contribution is 2.22. The summed E-state index contributed by atoms with van der Waals surface area (Å²) in [5, 5.41) is 8.72.